The molecule has 0 aromatic heterocycles. The Morgan fingerprint density at radius 1 is 1.03 bits per heavy atom. The van der Waals surface area contributed by atoms with Gasteiger partial charge in [0.15, 0.2) is 0 Å². The SMILES string of the molecule is CCN(CC(C)C(=O)O)C(=O)C(NC(=O)OCC1c2ccccc2-c2ccccc21)C(C)OC. The summed E-state index contributed by atoms with van der Waals surface area (Å²) in [6.45, 7) is 5.41. The van der Waals surface area contributed by atoms with Crippen LogP contribution >= 0.6 is 0 Å². The van der Waals surface area contributed by atoms with E-state index >= 15 is 0 Å². The molecule has 1 aliphatic rings. The van der Waals surface area contributed by atoms with Gasteiger partial charge < -0.3 is 24.8 Å². The molecule has 2 N–H and O–H groups in total. The first-order valence-electron chi connectivity index (χ1n) is 11.4. The van der Waals surface area contributed by atoms with Crippen LogP contribution in [-0.2, 0) is 19.1 Å². The molecule has 2 aromatic rings. The van der Waals surface area contributed by atoms with E-state index in [0.717, 1.165) is 22.3 Å². The van der Waals surface area contributed by atoms with Gasteiger partial charge in [-0.25, -0.2) is 4.79 Å². The third kappa shape index (κ3) is 5.39. The number of alkyl carbamates (subject to hydrolysis) is 1. The summed E-state index contributed by atoms with van der Waals surface area (Å²) >= 11 is 0. The zero-order valence-corrected chi connectivity index (χ0v) is 20.0. The Labute approximate surface area is 199 Å². The minimum absolute atomic E-state index is 0.0317. The van der Waals surface area contributed by atoms with E-state index < -0.39 is 36.0 Å². The summed E-state index contributed by atoms with van der Waals surface area (Å²) in [4.78, 5) is 38.5. The lowest BCUT2D eigenvalue weighted by molar-refractivity contribution is -0.144. The Balaban J connectivity index is 1.70. The second kappa shape index (κ2) is 11.2. The first-order chi connectivity index (χ1) is 16.3. The molecule has 3 rings (SSSR count). The zero-order chi connectivity index (χ0) is 24.8. The van der Waals surface area contributed by atoms with Crippen LogP contribution in [0.4, 0.5) is 4.79 Å². The van der Waals surface area contributed by atoms with Crippen LogP contribution in [0.3, 0.4) is 0 Å². The normalized spacial score (nSPS) is 14.9. The van der Waals surface area contributed by atoms with Crippen LogP contribution in [0.5, 0.6) is 0 Å². The Bertz CT molecular complexity index is 994. The van der Waals surface area contributed by atoms with E-state index in [0.29, 0.717) is 6.54 Å². The van der Waals surface area contributed by atoms with Crippen LogP contribution < -0.4 is 5.32 Å². The molecule has 2 amide bonds. The minimum Gasteiger partial charge on any atom is -0.481 e. The van der Waals surface area contributed by atoms with Crippen molar-refractivity contribution in [3.05, 3.63) is 59.7 Å². The highest BCUT2D eigenvalue weighted by atomic mass is 16.5. The average Bonchev–Trinajstić information content (AvgIpc) is 3.17. The number of aliphatic carboxylic acids is 1. The lowest BCUT2D eigenvalue weighted by atomic mass is 9.98. The van der Waals surface area contributed by atoms with Crippen molar-refractivity contribution in [1.82, 2.24) is 10.2 Å². The number of carbonyl (C=O) groups is 3. The van der Waals surface area contributed by atoms with E-state index in [9.17, 15) is 19.5 Å². The van der Waals surface area contributed by atoms with Gasteiger partial charge in [-0.3, -0.25) is 9.59 Å². The Morgan fingerprint density at radius 3 is 2.09 bits per heavy atom. The van der Waals surface area contributed by atoms with Crippen LogP contribution in [0.1, 0.15) is 37.8 Å². The number of nitrogens with one attached hydrogen (secondary N) is 1. The summed E-state index contributed by atoms with van der Waals surface area (Å²) in [5.41, 5.74) is 4.43. The number of fused-ring (bicyclic) bond motifs is 3. The lowest BCUT2D eigenvalue weighted by Crippen LogP contribution is -2.55. The number of likely N-dealkylation sites (N-methyl/N-ethyl adjacent to an activating group) is 1. The largest absolute Gasteiger partial charge is 0.481 e. The van der Waals surface area contributed by atoms with Gasteiger partial charge >= 0.3 is 12.1 Å². The van der Waals surface area contributed by atoms with E-state index in [-0.39, 0.29) is 19.1 Å². The molecule has 8 heteroatoms. The number of methoxy groups -OCH3 is 1. The highest BCUT2D eigenvalue weighted by Crippen LogP contribution is 2.44. The fourth-order valence-corrected chi connectivity index (χ4v) is 4.26. The molecule has 0 aliphatic heterocycles. The number of ether oxygens (including phenoxy) is 2. The quantitative estimate of drug-likeness (QED) is 0.553. The van der Waals surface area contributed by atoms with Gasteiger partial charge in [0, 0.05) is 26.1 Å². The number of benzene rings is 2. The average molecular weight is 469 g/mol. The van der Waals surface area contributed by atoms with Gasteiger partial charge in [-0.2, -0.15) is 0 Å². The van der Waals surface area contributed by atoms with Crippen molar-refractivity contribution in [1.29, 1.82) is 0 Å². The van der Waals surface area contributed by atoms with Crippen molar-refractivity contribution in [2.24, 2.45) is 5.92 Å². The Kier molecular flexibility index (Phi) is 8.28. The molecule has 1 aliphatic carbocycles. The number of rotatable bonds is 10. The van der Waals surface area contributed by atoms with Crippen molar-refractivity contribution in [2.45, 2.75) is 38.8 Å². The topological polar surface area (TPSA) is 105 Å². The van der Waals surface area contributed by atoms with E-state index in [1.165, 1.54) is 18.9 Å². The Hall–Kier alpha value is -3.39. The maximum Gasteiger partial charge on any atom is 0.407 e. The number of carboxylic acid groups (broad SMARTS) is 1. The van der Waals surface area contributed by atoms with Gasteiger partial charge in [-0.05, 0) is 36.1 Å². The molecule has 3 atom stereocenters. The lowest BCUT2D eigenvalue weighted by Gasteiger charge is -2.30. The van der Waals surface area contributed by atoms with E-state index in [4.69, 9.17) is 9.47 Å². The van der Waals surface area contributed by atoms with Crippen LogP contribution in [0, 0.1) is 5.92 Å². The number of hydrogen-bond donors (Lipinski definition) is 2. The van der Waals surface area contributed by atoms with Gasteiger partial charge in [0.25, 0.3) is 0 Å². The second-order valence-corrected chi connectivity index (χ2v) is 8.50. The number of hydrogen-bond acceptors (Lipinski definition) is 5. The van der Waals surface area contributed by atoms with Crippen LogP contribution in [0.25, 0.3) is 11.1 Å². The molecular weight excluding hydrogens is 436 g/mol. The smallest absolute Gasteiger partial charge is 0.407 e. The molecule has 3 unspecified atom stereocenters. The number of amides is 2. The van der Waals surface area contributed by atoms with Crippen LogP contribution in [0.2, 0.25) is 0 Å². The predicted molar refractivity (Wildman–Crippen MR) is 128 cm³/mol. The number of carbonyl (C=O) groups excluding carboxylic acids is 2. The molecule has 0 bridgehead atoms. The van der Waals surface area contributed by atoms with Gasteiger partial charge in [-0.15, -0.1) is 0 Å². The minimum atomic E-state index is -1.01. The summed E-state index contributed by atoms with van der Waals surface area (Å²) in [7, 11) is 1.44. The third-order valence-electron chi connectivity index (χ3n) is 6.33. The molecule has 2 aromatic carbocycles. The van der Waals surface area contributed by atoms with Crippen LogP contribution in [0.15, 0.2) is 48.5 Å². The molecule has 8 nitrogen and oxygen atoms in total. The summed E-state index contributed by atoms with van der Waals surface area (Å²) in [6.07, 6.45) is -1.37. The molecule has 0 spiro atoms. The van der Waals surface area contributed by atoms with Crippen molar-refractivity contribution >= 4 is 18.0 Å². The number of nitrogens with zero attached hydrogens (tertiary/aromatic N) is 1. The summed E-state index contributed by atoms with van der Waals surface area (Å²) in [6, 6.07) is 15.1. The van der Waals surface area contributed by atoms with Gasteiger partial charge in [0.1, 0.15) is 12.6 Å². The standard InChI is InChI=1S/C26H32N2O6/c1-5-28(14-16(2)25(30)31)24(29)23(17(3)33-4)27-26(32)34-15-22-20-12-8-6-10-18(20)19-11-7-9-13-21(19)22/h6-13,16-17,22-23H,5,14-15H2,1-4H3,(H,27,32)(H,30,31). The Morgan fingerprint density at radius 2 is 1.59 bits per heavy atom. The third-order valence-corrected chi connectivity index (χ3v) is 6.33. The summed E-state index contributed by atoms with van der Waals surface area (Å²) in [5, 5.41) is 11.8. The molecule has 0 heterocycles. The van der Waals surface area contributed by atoms with Gasteiger partial charge in [-0.1, -0.05) is 55.5 Å². The van der Waals surface area contributed by atoms with Crippen molar-refractivity contribution in [3.63, 3.8) is 0 Å². The van der Waals surface area contributed by atoms with Crippen molar-refractivity contribution in [2.75, 3.05) is 26.8 Å². The highest BCUT2D eigenvalue weighted by Gasteiger charge is 2.33. The van der Waals surface area contributed by atoms with Crippen molar-refractivity contribution in [3.8, 4) is 11.1 Å². The molecule has 0 saturated heterocycles. The van der Waals surface area contributed by atoms with E-state index in [1.807, 2.05) is 36.4 Å². The van der Waals surface area contributed by atoms with E-state index in [2.05, 4.69) is 17.4 Å². The van der Waals surface area contributed by atoms with Crippen LogP contribution in [-0.4, -0.2) is 66.9 Å². The first kappa shape index (κ1) is 25.2. The fraction of sp³-hybridized carbons (Fsp3) is 0.423. The molecule has 0 saturated carbocycles. The zero-order valence-electron chi connectivity index (χ0n) is 20.0. The fourth-order valence-electron chi connectivity index (χ4n) is 4.26. The maximum atomic E-state index is 13.1. The second-order valence-electron chi connectivity index (χ2n) is 8.50. The van der Waals surface area contributed by atoms with Gasteiger partial charge in [0.2, 0.25) is 5.91 Å². The maximum absolute atomic E-state index is 13.1. The molecular formula is C26H32N2O6. The molecule has 0 radical (unpaired) electrons. The number of carboxylic acids is 1. The van der Waals surface area contributed by atoms with Gasteiger partial charge in [0.05, 0.1) is 12.0 Å². The highest BCUT2D eigenvalue weighted by molar-refractivity contribution is 5.87. The monoisotopic (exact) mass is 468 g/mol. The van der Waals surface area contributed by atoms with Crippen molar-refractivity contribution < 1.29 is 29.0 Å². The molecule has 0 fully saturated rings. The first-order valence-corrected chi connectivity index (χ1v) is 11.4. The molecule has 182 valence electrons. The molecule has 34 heavy (non-hydrogen) atoms. The summed E-state index contributed by atoms with van der Waals surface area (Å²) in [5.74, 6) is -2.25. The predicted octanol–water partition coefficient (Wildman–Crippen LogP) is 3.50. The van der Waals surface area contributed by atoms with E-state index in [1.54, 1.807) is 13.8 Å². The summed E-state index contributed by atoms with van der Waals surface area (Å²) < 4.78 is 10.9.